The molecular formula is C28H26F3NO4. The van der Waals surface area contributed by atoms with Gasteiger partial charge in [0.15, 0.2) is 0 Å². The summed E-state index contributed by atoms with van der Waals surface area (Å²) in [6.07, 6.45) is -3.81. The fourth-order valence-corrected chi connectivity index (χ4v) is 4.05. The zero-order chi connectivity index (χ0) is 25.9. The van der Waals surface area contributed by atoms with Crippen LogP contribution in [-0.2, 0) is 35.3 Å². The standard InChI is InChI=1S/C28H26F3NO4/c1-3-34-26(33)13-21-8-7-17(2)9-25(21)35-15-19-11-22(20-6-4-5-18(10-20)14-32)27-23(12-19)24(16-36-27)28(29,30)31/h4-12,16H,3,13-15,32H2,1-2H3. The molecule has 0 saturated carbocycles. The number of hydrogen-bond donors (Lipinski definition) is 1. The summed E-state index contributed by atoms with van der Waals surface area (Å²) >= 11 is 0. The maximum absolute atomic E-state index is 13.7. The molecule has 0 amide bonds. The number of rotatable bonds is 8. The first-order chi connectivity index (χ1) is 17.2. The van der Waals surface area contributed by atoms with E-state index in [9.17, 15) is 18.0 Å². The highest BCUT2D eigenvalue weighted by molar-refractivity contribution is 5.95. The van der Waals surface area contributed by atoms with Crippen LogP contribution in [0.2, 0.25) is 0 Å². The minimum atomic E-state index is -4.58. The Labute approximate surface area is 206 Å². The van der Waals surface area contributed by atoms with Crippen LogP contribution in [0.25, 0.3) is 22.1 Å². The Hall–Kier alpha value is -3.78. The Morgan fingerprint density at radius 2 is 1.86 bits per heavy atom. The van der Waals surface area contributed by atoms with Crippen molar-refractivity contribution in [3.63, 3.8) is 0 Å². The molecule has 0 aliphatic heterocycles. The second-order valence-electron chi connectivity index (χ2n) is 8.45. The van der Waals surface area contributed by atoms with Crippen LogP contribution in [0, 0.1) is 6.92 Å². The zero-order valence-corrected chi connectivity index (χ0v) is 19.9. The van der Waals surface area contributed by atoms with Crippen molar-refractivity contribution in [2.45, 2.75) is 39.6 Å². The summed E-state index contributed by atoms with van der Waals surface area (Å²) in [6.45, 7) is 4.16. The van der Waals surface area contributed by atoms with Crippen molar-refractivity contribution in [2.75, 3.05) is 6.61 Å². The van der Waals surface area contributed by atoms with Gasteiger partial charge < -0.3 is 19.6 Å². The molecule has 0 spiro atoms. The van der Waals surface area contributed by atoms with E-state index in [2.05, 4.69) is 0 Å². The first kappa shape index (κ1) is 25.3. The lowest BCUT2D eigenvalue weighted by Crippen LogP contribution is -2.09. The van der Waals surface area contributed by atoms with Crippen molar-refractivity contribution >= 4 is 16.9 Å². The number of aryl methyl sites for hydroxylation is 1. The molecular weight excluding hydrogens is 471 g/mol. The maximum Gasteiger partial charge on any atom is 0.420 e. The SMILES string of the molecule is CCOC(=O)Cc1ccc(C)cc1OCc1cc(-c2cccc(CN)c2)c2occ(C(F)(F)F)c2c1. The fourth-order valence-electron chi connectivity index (χ4n) is 4.05. The van der Waals surface area contributed by atoms with Gasteiger partial charge in [-0.3, -0.25) is 4.79 Å². The second kappa shape index (κ2) is 10.5. The predicted octanol–water partition coefficient (Wildman–Crippen LogP) is 6.57. The van der Waals surface area contributed by atoms with Gasteiger partial charge >= 0.3 is 12.1 Å². The summed E-state index contributed by atoms with van der Waals surface area (Å²) < 4.78 is 57.6. The number of benzene rings is 3. The Morgan fingerprint density at radius 1 is 1.06 bits per heavy atom. The Bertz CT molecular complexity index is 1390. The van der Waals surface area contributed by atoms with Crippen molar-refractivity contribution in [1.29, 1.82) is 0 Å². The van der Waals surface area contributed by atoms with Crippen molar-refractivity contribution < 1.29 is 31.9 Å². The van der Waals surface area contributed by atoms with Crippen molar-refractivity contribution in [1.82, 2.24) is 0 Å². The predicted molar refractivity (Wildman–Crippen MR) is 130 cm³/mol. The van der Waals surface area contributed by atoms with E-state index in [1.165, 1.54) is 6.07 Å². The average molecular weight is 498 g/mol. The number of fused-ring (bicyclic) bond motifs is 1. The Balaban J connectivity index is 1.75. The highest BCUT2D eigenvalue weighted by atomic mass is 19.4. The lowest BCUT2D eigenvalue weighted by Gasteiger charge is -2.14. The molecule has 4 aromatic rings. The van der Waals surface area contributed by atoms with E-state index >= 15 is 0 Å². The van der Waals surface area contributed by atoms with Crippen molar-refractivity contribution in [2.24, 2.45) is 5.73 Å². The number of ether oxygens (including phenoxy) is 2. The number of carbonyl (C=O) groups excluding carboxylic acids is 1. The molecule has 0 bridgehead atoms. The van der Waals surface area contributed by atoms with Gasteiger partial charge in [-0.2, -0.15) is 13.2 Å². The van der Waals surface area contributed by atoms with E-state index in [-0.39, 0.29) is 36.6 Å². The molecule has 0 aliphatic rings. The second-order valence-corrected chi connectivity index (χ2v) is 8.45. The summed E-state index contributed by atoms with van der Waals surface area (Å²) in [6, 6.07) is 15.9. The largest absolute Gasteiger partial charge is 0.489 e. The molecule has 1 heterocycles. The lowest BCUT2D eigenvalue weighted by atomic mass is 9.97. The van der Waals surface area contributed by atoms with Crippen LogP contribution in [0.4, 0.5) is 13.2 Å². The number of nitrogens with two attached hydrogens (primary N) is 1. The van der Waals surface area contributed by atoms with E-state index in [0.717, 1.165) is 17.4 Å². The lowest BCUT2D eigenvalue weighted by molar-refractivity contribution is -0.142. The van der Waals surface area contributed by atoms with E-state index in [0.29, 0.717) is 34.5 Å². The molecule has 2 N–H and O–H groups in total. The minimum Gasteiger partial charge on any atom is -0.489 e. The molecule has 5 nitrogen and oxygen atoms in total. The van der Waals surface area contributed by atoms with Crippen molar-refractivity contribution in [3.8, 4) is 16.9 Å². The van der Waals surface area contributed by atoms with E-state index in [1.54, 1.807) is 37.3 Å². The Kier molecular flexibility index (Phi) is 7.35. The molecule has 3 aromatic carbocycles. The summed E-state index contributed by atoms with van der Waals surface area (Å²) in [4.78, 5) is 12.0. The van der Waals surface area contributed by atoms with E-state index in [1.807, 2.05) is 25.1 Å². The van der Waals surface area contributed by atoms with Gasteiger partial charge in [0.05, 0.1) is 13.0 Å². The molecule has 0 atom stereocenters. The van der Waals surface area contributed by atoms with Crippen LogP contribution in [0.5, 0.6) is 5.75 Å². The number of furan rings is 1. The highest BCUT2D eigenvalue weighted by Crippen LogP contribution is 2.40. The van der Waals surface area contributed by atoms with Gasteiger partial charge in [-0.1, -0.05) is 30.3 Å². The number of hydrogen-bond acceptors (Lipinski definition) is 5. The van der Waals surface area contributed by atoms with Crippen LogP contribution < -0.4 is 10.5 Å². The number of esters is 1. The average Bonchev–Trinajstić information content (AvgIpc) is 3.28. The zero-order valence-electron chi connectivity index (χ0n) is 19.9. The summed E-state index contributed by atoms with van der Waals surface area (Å²) in [5, 5.41) is -0.0484. The van der Waals surface area contributed by atoms with Crippen LogP contribution in [0.1, 0.15) is 34.7 Å². The van der Waals surface area contributed by atoms with Gasteiger partial charge in [-0.15, -0.1) is 0 Å². The normalized spacial score (nSPS) is 11.6. The van der Waals surface area contributed by atoms with Gasteiger partial charge in [0.25, 0.3) is 0 Å². The van der Waals surface area contributed by atoms with Crippen LogP contribution in [0.3, 0.4) is 0 Å². The first-order valence-corrected chi connectivity index (χ1v) is 11.5. The van der Waals surface area contributed by atoms with Gasteiger partial charge in [0.2, 0.25) is 0 Å². The van der Waals surface area contributed by atoms with Crippen LogP contribution in [0.15, 0.2) is 65.3 Å². The maximum atomic E-state index is 13.7. The molecule has 1 aromatic heterocycles. The number of halogens is 3. The van der Waals surface area contributed by atoms with Crippen LogP contribution >= 0.6 is 0 Å². The Morgan fingerprint density at radius 3 is 2.58 bits per heavy atom. The molecule has 36 heavy (non-hydrogen) atoms. The smallest absolute Gasteiger partial charge is 0.420 e. The third kappa shape index (κ3) is 5.54. The molecule has 0 fully saturated rings. The molecule has 0 unspecified atom stereocenters. The molecule has 0 radical (unpaired) electrons. The topological polar surface area (TPSA) is 74.7 Å². The minimum absolute atomic E-state index is 0.0126. The highest BCUT2D eigenvalue weighted by Gasteiger charge is 2.35. The summed E-state index contributed by atoms with van der Waals surface area (Å²) in [5.74, 6) is 0.0842. The van der Waals surface area contributed by atoms with Crippen molar-refractivity contribution in [3.05, 3.63) is 88.7 Å². The summed E-state index contributed by atoms with van der Waals surface area (Å²) in [5.41, 5.74) is 9.16. The summed E-state index contributed by atoms with van der Waals surface area (Å²) in [7, 11) is 0. The number of alkyl halides is 3. The van der Waals surface area contributed by atoms with Gasteiger partial charge in [-0.25, -0.2) is 0 Å². The van der Waals surface area contributed by atoms with E-state index < -0.39 is 11.7 Å². The molecule has 8 heteroatoms. The molecule has 4 rings (SSSR count). The monoisotopic (exact) mass is 497 g/mol. The third-order valence-electron chi connectivity index (χ3n) is 5.77. The molecule has 0 aliphatic carbocycles. The van der Waals surface area contributed by atoms with Gasteiger partial charge in [0, 0.05) is 23.1 Å². The first-order valence-electron chi connectivity index (χ1n) is 11.5. The third-order valence-corrected chi connectivity index (χ3v) is 5.77. The van der Waals surface area contributed by atoms with Gasteiger partial charge in [-0.05, 0) is 60.4 Å². The number of carbonyl (C=O) groups is 1. The quantitative estimate of drug-likeness (QED) is 0.279. The van der Waals surface area contributed by atoms with E-state index in [4.69, 9.17) is 19.6 Å². The van der Waals surface area contributed by atoms with Crippen LogP contribution in [-0.4, -0.2) is 12.6 Å². The fraction of sp³-hybridized carbons (Fsp3) is 0.250. The molecule has 0 saturated heterocycles. The van der Waals surface area contributed by atoms with Gasteiger partial charge in [0.1, 0.15) is 29.8 Å². The molecule has 188 valence electrons.